The average Bonchev–Trinajstić information content (AvgIpc) is 3.12. The van der Waals surface area contributed by atoms with Crippen molar-refractivity contribution in [1.29, 1.82) is 0 Å². The Morgan fingerprint density at radius 1 is 1.00 bits per heavy atom. The van der Waals surface area contributed by atoms with Crippen LogP contribution in [0.25, 0.3) is 10.2 Å². The molecule has 0 unspecified atom stereocenters. The van der Waals surface area contributed by atoms with Crippen molar-refractivity contribution in [2.75, 3.05) is 5.01 Å². The molecule has 0 aliphatic carbocycles. The highest BCUT2D eigenvalue weighted by Gasteiger charge is 2.21. The molecular weight excluding hydrogens is 538 g/mol. The van der Waals surface area contributed by atoms with Gasteiger partial charge in [-0.1, -0.05) is 66.9 Å². The average molecular weight is 550 g/mol. The third-order valence-corrected chi connectivity index (χ3v) is 6.26. The fourth-order valence-electron chi connectivity index (χ4n) is 2.55. The van der Waals surface area contributed by atoms with Gasteiger partial charge < -0.3 is 0 Å². The van der Waals surface area contributed by atoms with E-state index in [9.17, 15) is 4.79 Å². The zero-order valence-corrected chi connectivity index (χ0v) is 19.5. The highest BCUT2D eigenvalue weighted by Crippen LogP contribution is 2.32. The fraction of sp³-hybridized carbons (Fsp3) is 0. The van der Waals surface area contributed by atoms with Crippen molar-refractivity contribution < 1.29 is 4.79 Å². The Morgan fingerprint density at radius 3 is 2.41 bits per heavy atom. The van der Waals surface area contributed by atoms with Crippen LogP contribution in [0, 0.1) is 0 Å². The number of nitrogens with zero attached hydrogens (tertiary/aromatic N) is 3. The number of carbonyl (C=O) groups is 1. The number of hydrogen-bond donors (Lipinski definition) is 0. The highest BCUT2D eigenvalue weighted by atomic mass is 79.9. The molecule has 0 spiro atoms. The van der Waals surface area contributed by atoms with Crippen LogP contribution < -0.4 is 5.01 Å². The molecule has 29 heavy (non-hydrogen) atoms. The summed E-state index contributed by atoms with van der Waals surface area (Å²) in [4.78, 5) is 17.8. The van der Waals surface area contributed by atoms with E-state index in [1.54, 1.807) is 30.5 Å². The third-order valence-electron chi connectivity index (χ3n) is 4.00. The van der Waals surface area contributed by atoms with E-state index in [2.05, 4.69) is 41.9 Å². The van der Waals surface area contributed by atoms with E-state index in [1.165, 1.54) is 16.3 Å². The normalized spacial score (nSPS) is 11.3. The SMILES string of the molecule is O=C(c1ccc(Cl)cc1)N(/N=C/c1ccc(Br)cc1)c1nc2ccc(Br)cc2s1. The second kappa shape index (κ2) is 8.75. The number of rotatable bonds is 4. The number of hydrogen-bond acceptors (Lipinski definition) is 4. The van der Waals surface area contributed by atoms with Gasteiger partial charge in [0, 0.05) is 19.5 Å². The van der Waals surface area contributed by atoms with Gasteiger partial charge in [0.1, 0.15) is 0 Å². The molecule has 0 N–H and O–H groups in total. The molecule has 1 heterocycles. The highest BCUT2D eigenvalue weighted by molar-refractivity contribution is 9.10. The van der Waals surface area contributed by atoms with Crippen LogP contribution in [0.4, 0.5) is 5.13 Å². The second-order valence-electron chi connectivity index (χ2n) is 6.03. The van der Waals surface area contributed by atoms with E-state index in [-0.39, 0.29) is 5.91 Å². The van der Waals surface area contributed by atoms with Crippen molar-refractivity contribution >= 4 is 82.3 Å². The monoisotopic (exact) mass is 547 g/mol. The topological polar surface area (TPSA) is 45.6 Å². The minimum Gasteiger partial charge on any atom is -0.267 e. The minimum absolute atomic E-state index is 0.284. The molecule has 0 aliphatic heterocycles. The van der Waals surface area contributed by atoms with Crippen LogP contribution in [0.1, 0.15) is 15.9 Å². The van der Waals surface area contributed by atoms with Crippen molar-refractivity contribution in [3.05, 3.63) is 91.8 Å². The molecule has 0 radical (unpaired) electrons. The number of carbonyl (C=O) groups excluding carboxylic acids is 1. The summed E-state index contributed by atoms with van der Waals surface area (Å²) in [6.45, 7) is 0. The van der Waals surface area contributed by atoms with E-state index >= 15 is 0 Å². The number of thiazole rings is 1. The number of amides is 1. The molecule has 0 fully saturated rings. The Balaban J connectivity index is 1.75. The van der Waals surface area contributed by atoms with E-state index in [4.69, 9.17) is 11.6 Å². The van der Waals surface area contributed by atoms with E-state index in [0.29, 0.717) is 15.7 Å². The lowest BCUT2D eigenvalue weighted by Gasteiger charge is -2.14. The number of aromatic nitrogens is 1. The quantitative estimate of drug-likeness (QED) is 0.200. The molecular formula is C21H12Br2ClN3OS. The van der Waals surface area contributed by atoms with Gasteiger partial charge in [-0.2, -0.15) is 10.1 Å². The molecule has 4 nitrogen and oxygen atoms in total. The van der Waals surface area contributed by atoms with E-state index in [0.717, 1.165) is 24.7 Å². The van der Waals surface area contributed by atoms with Crippen molar-refractivity contribution in [3.8, 4) is 0 Å². The molecule has 3 aromatic carbocycles. The summed E-state index contributed by atoms with van der Waals surface area (Å²) in [5.41, 5.74) is 2.15. The van der Waals surface area contributed by atoms with Gasteiger partial charge in [-0.3, -0.25) is 4.79 Å². The maximum Gasteiger partial charge on any atom is 0.280 e. The van der Waals surface area contributed by atoms with Crippen LogP contribution in [0.3, 0.4) is 0 Å². The Kier molecular flexibility index (Phi) is 6.10. The molecule has 0 saturated heterocycles. The standard InChI is InChI=1S/C21H12Br2ClN3OS/c22-15-5-1-13(2-6-15)12-25-27(20(28)14-3-8-17(24)9-4-14)21-26-18-10-7-16(23)11-19(18)29-21/h1-12H/b25-12+. The molecule has 0 atom stereocenters. The van der Waals surface area contributed by atoms with Crippen molar-refractivity contribution in [2.45, 2.75) is 0 Å². The van der Waals surface area contributed by atoms with Crippen LogP contribution >= 0.6 is 54.8 Å². The summed E-state index contributed by atoms with van der Waals surface area (Å²) in [6, 6.07) is 20.2. The number of hydrazone groups is 1. The van der Waals surface area contributed by atoms with Crippen molar-refractivity contribution in [3.63, 3.8) is 0 Å². The number of benzene rings is 3. The molecule has 4 rings (SSSR count). The van der Waals surface area contributed by atoms with Gasteiger partial charge in [0.2, 0.25) is 5.13 Å². The maximum atomic E-state index is 13.2. The lowest BCUT2D eigenvalue weighted by molar-refractivity contribution is 0.0988. The van der Waals surface area contributed by atoms with Crippen LogP contribution in [-0.2, 0) is 0 Å². The number of anilines is 1. The van der Waals surface area contributed by atoms with Crippen LogP contribution in [0.15, 0.2) is 80.8 Å². The molecule has 8 heteroatoms. The van der Waals surface area contributed by atoms with E-state index < -0.39 is 0 Å². The third kappa shape index (κ3) is 4.75. The van der Waals surface area contributed by atoms with Crippen molar-refractivity contribution in [1.82, 2.24) is 4.98 Å². The molecule has 0 bridgehead atoms. The molecule has 1 aromatic heterocycles. The first kappa shape index (κ1) is 20.2. The van der Waals surface area contributed by atoms with Gasteiger partial charge >= 0.3 is 0 Å². The van der Waals surface area contributed by atoms with Gasteiger partial charge in [-0.15, -0.1) is 0 Å². The number of fused-ring (bicyclic) bond motifs is 1. The summed E-state index contributed by atoms with van der Waals surface area (Å²) in [6.07, 6.45) is 1.64. The van der Waals surface area contributed by atoms with E-state index in [1.807, 2.05) is 42.5 Å². The van der Waals surface area contributed by atoms with Crippen LogP contribution in [0.2, 0.25) is 5.02 Å². The molecule has 4 aromatic rings. The van der Waals surface area contributed by atoms with Gasteiger partial charge in [0.05, 0.1) is 16.4 Å². The summed E-state index contributed by atoms with van der Waals surface area (Å²) >= 11 is 14.2. The Bertz CT molecular complexity index is 1210. The second-order valence-corrected chi connectivity index (χ2v) is 9.31. The van der Waals surface area contributed by atoms with Gasteiger partial charge in [0.25, 0.3) is 5.91 Å². The lowest BCUT2D eigenvalue weighted by Crippen LogP contribution is -2.25. The lowest BCUT2D eigenvalue weighted by atomic mass is 10.2. The van der Waals surface area contributed by atoms with Crippen LogP contribution in [0.5, 0.6) is 0 Å². The summed E-state index contributed by atoms with van der Waals surface area (Å²) in [5, 5.41) is 6.84. The summed E-state index contributed by atoms with van der Waals surface area (Å²) in [7, 11) is 0. The van der Waals surface area contributed by atoms with Gasteiger partial charge in [0.15, 0.2) is 0 Å². The van der Waals surface area contributed by atoms with Gasteiger partial charge in [-0.05, 0) is 60.2 Å². The predicted molar refractivity (Wildman–Crippen MR) is 127 cm³/mol. The smallest absolute Gasteiger partial charge is 0.267 e. The summed E-state index contributed by atoms with van der Waals surface area (Å²) < 4.78 is 2.89. The van der Waals surface area contributed by atoms with Crippen LogP contribution in [-0.4, -0.2) is 17.1 Å². The predicted octanol–water partition coefficient (Wildman–Crippen LogP) is 7.16. The zero-order valence-electron chi connectivity index (χ0n) is 14.7. The first-order valence-corrected chi connectivity index (χ1v) is 11.2. The van der Waals surface area contributed by atoms with Gasteiger partial charge in [-0.25, -0.2) is 4.98 Å². The molecule has 144 valence electrons. The Hall–Kier alpha value is -2.06. The maximum absolute atomic E-state index is 13.2. The first-order valence-electron chi connectivity index (χ1n) is 8.45. The van der Waals surface area contributed by atoms with Crippen molar-refractivity contribution in [2.24, 2.45) is 5.10 Å². The summed E-state index contributed by atoms with van der Waals surface area (Å²) in [5.74, 6) is -0.284. The first-order chi connectivity index (χ1) is 14.0. The zero-order chi connectivity index (χ0) is 20.4. The molecule has 1 amide bonds. The minimum atomic E-state index is -0.284. The molecule has 0 aliphatic rings. The fourth-order valence-corrected chi connectivity index (χ4v) is 4.42. The number of halogens is 3. The molecule has 0 saturated carbocycles. The largest absolute Gasteiger partial charge is 0.280 e. The Labute approximate surface area is 193 Å². The Morgan fingerprint density at radius 2 is 1.69 bits per heavy atom.